The number of nitrogen functional groups attached to an aromatic ring is 1. The summed E-state index contributed by atoms with van der Waals surface area (Å²) in [6.45, 7) is -0.752. The summed E-state index contributed by atoms with van der Waals surface area (Å²) in [5, 5.41) is 0. The summed E-state index contributed by atoms with van der Waals surface area (Å²) in [6, 6.07) is 7.39. The van der Waals surface area contributed by atoms with E-state index in [1.165, 1.54) is 0 Å². The molecule has 1 aromatic carbocycles. The van der Waals surface area contributed by atoms with Gasteiger partial charge in [-0.05, 0) is 18.1 Å². The van der Waals surface area contributed by atoms with Gasteiger partial charge in [-0.1, -0.05) is 18.2 Å². The minimum Gasteiger partial charge on any atom is -0.399 e. The van der Waals surface area contributed by atoms with Crippen LogP contribution in [0, 0.1) is 0 Å². The fourth-order valence-electron chi connectivity index (χ4n) is 1.35. The van der Waals surface area contributed by atoms with Gasteiger partial charge in [-0.15, -0.1) is 0 Å². The van der Waals surface area contributed by atoms with Crippen molar-refractivity contribution in [3.63, 3.8) is 0 Å². The fraction of sp³-hybridized carbons (Fsp3) is 0.500. The van der Waals surface area contributed by atoms with Gasteiger partial charge < -0.3 is 15.2 Å². The lowest BCUT2D eigenvalue weighted by Crippen LogP contribution is -2.19. The first-order chi connectivity index (χ1) is 8.49. The van der Waals surface area contributed by atoms with E-state index in [0.29, 0.717) is 18.7 Å². The molecule has 1 rings (SSSR count). The monoisotopic (exact) mass is 263 g/mol. The van der Waals surface area contributed by atoms with Crippen LogP contribution in [0.1, 0.15) is 5.56 Å². The predicted octanol–water partition coefficient (Wildman–Crippen LogP) is 2.41. The molecule has 0 atom stereocenters. The molecule has 0 aromatic heterocycles. The number of benzene rings is 1. The number of alkyl halides is 3. The van der Waals surface area contributed by atoms with Crippen LogP contribution in [0.4, 0.5) is 18.9 Å². The van der Waals surface area contributed by atoms with Crippen LogP contribution in [0.3, 0.4) is 0 Å². The molecule has 0 aliphatic carbocycles. The maximum Gasteiger partial charge on any atom is 0.411 e. The summed E-state index contributed by atoms with van der Waals surface area (Å²) in [6.07, 6.45) is -3.65. The normalized spacial score (nSPS) is 11.7. The highest BCUT2D eigenvalue weighted by molar-refractivity contribution is 5.46. The molecule has 1 aromatic rings. The van der Waals surface area contributed by atoms with Crippen LogP contribution in [0.15, 0.2) is 24.3 Å². The summed E-state index contributed by atoms with van der Waals surface area (Å²) >= 11 is 0. The molecule has 0 bridgehead atoms. The molecule has 0 fully saturated rings. The molecule has 18 heavy (non-hydrogen) atoms. The van der Waals surface area contributed by atoms with E-state index in [1.54, 1.807) is 6.07 Å². The number of halogens is 3. The van der Waals surface area contributed by atoms with Crippen LogP contribution in [-0.4, -0.2) is 32.6 Å². The fourth-order valence-corrected chi connectivity index (χ4v) is 1.35. The maximum absolute atomic E-state index is 11.7. The molecule has 0 radical (unpaired) electrons. The summed E-state index contributed by atoms with van der Waals surface area (Å²) in [5.74, 6) is 0. The summed E-state index contributed by atoms with van der Waals surface area (Å²) in [4.78, 5) is 0. The van der Waals surface area contributed by atoms with E-state index < -0.39 is 12.8 Å². The lowest BCUT2D eigenvalue weighted by molar-refractivity contribution is -0.176. The quantitative estimate of drug-likeness (QED) is 0.607. The Morgan fingerprint density at radius 2 is 1.67 bits per heavy atom. The molecule has 0 aliphatic rings. The van der Waals surface area contributed by atoms with Crippen molar-refractivity contribution in [2.45, 2.75) is 12.6 Å². The average molecular weight is 263 g/mol. The van der Waals surface area contributed by atoms with Gasteiger partial charge in [0.05, 0.1) is 19.8 Å². The Bertz CT molecular complexity index is 355. The van der Waals surface area contributed by atoms with Crippen molar-refractivity contribution < 1.29 is 22.6 Å². The highest BCUT2D eigenvalue weighted by atomic mass is 19.4. The number of ether oxygens (including phenoxy) is 2. The third-order valence-corrected chi connectivity index (χ3v) is 2.21. The van der Waals surface area contributed by atoms with Crippen LogP contribution in [0.25, 0.3) is 0 Å². The van der Waals surface area contributed by atoms with Crippen LogP contribution < -0.4 is 5.73 Å². The Morgan fingerprint density at radius 1 is 1.00 bits per heavy atom. The molecule has 0 unspecified atom stereocenters. The van der Waals surface area contributed by atoms with Crippen molar-refractivity contribution in [3.8, 4) is 0 Å². The molecule has 0 saturated heterocycles. The molecule has 6 heteroatoms. The number of hydrogen-bond donors (Lipinski definition) is 1. The van der Waals surface area contributed by atoms with Gasteiger partial charge in [0.15, 0.2) is 0 Å². The molecule has 0 heterocycles. The molecule has 0 saturated carbocycles. The van der Waals surface area contributed by atoms with Gasteiger partial charge in [-0.3, -0.25) is 0 Å². The first-order valence-electron chi connectivity index (χ1n) is 5.54. The van der Waals surface area contributed by atoms with Gasteiger partial charge in [0.1, 0.15) is 6.61 Å². The molecule has 0 amide bonds. The molecule has 3 nitrogen and oxygen atoms in total. The molecular formula is C12H16F3NO2. The number of para-hydroxylation sites is 1. The summed E-state index contributed by atoms with van der Waals surface area (Å²) in [5.41, 5.74) is 7.38. The van der Waals surface area contributed by atoms with E-state index in [-0.39, 0.29) is 13.2 Å². The third-order valence-electron chi connectivity index (χ3n) is 2.21. The summed E-state index contributed by atoms with van der Waals surface area (Å²) in [7, 11) is 0. The Labute approximate surface area is 104 Å². The third kappa shape index (κ3) is 6.46. The van der Waals surface area contributed by atoms with Crippen LogP contribution in [0.2, 0.25) is 0 Å². The average Bonchev–Trinajstić information content (AvgIpc) is 2.28. The van der Waals surface area contributed by atoms with E-state index in [9.17, 15) is 13.2 Å². The molecule has 0 spiro atoms. The van der Waals surface area contributed by atoms with Crippen LogP contribution in [0.5, 0.6) is 0 Å². The van der Waals surface area contributed by atoms with E-state index in [0.717, 1.165) is 5.56 Å². The zero-order valence-corrected chi connectivity index (χ0v) is 9.87. The first kappa shape index (κ1) is 14.8. The van der Waals surface area contributed by atoms with Crippen molar-refractivity contribution in [3.05, 3.63) is 29.8 Å². The van der Waals surface area contributed by atoms with Crippen molar-refractivity contribution in [1.29, 1.82) is 0 Å². The van der Waals surface area contributed by atoms with E-state index >= 15 is 0 Å². The smallest absolute Gasteiger partial charge is 0.399 e. The van der Waals surface area contributed by atoms with Crippen molar-refractivity contribution in [2.24, 2.45) is 0 Å². The Kier molecular flexibility index (Phi) is 5.94. The van der Waals surface area contributed by atoms with Gasteiger partial charge in [0.2, 0.25) is 0 Å². The Balaban J connectivity index is 2.04. The minimum atomic E-state index is -4.28. The Hall–Kier alpha value is -1.27. The van der Waals surface area contributed by atoms with Gasteiger partial charge >= 0.3 is 6.18 Å². The first-order valence-corrected chi connectivity index (χ1v) is 5.54. The highest BCUT2D eigenvalue weighted by Crippen LogP contribution is 2.14. The van der Waals surface area contributed by atoms with Crippen molar-refractivity contribution in [1.82, 2.24) is 0 Å². The van der Waals surface area contributed by atoms with E-state index in [1.807, 2.05) is 18.2 Å². The molecule has 102 valence electrons. The van der Waals surface area contributed by atoms with Gasteiger partial charge in [-0.25, -0.2) is 0 Å². The van der Waals surface area contributed by atoms with Gasteiger partial charge in [-0.2, -0.15) is 13.2 Å². The van der Waals surface area contributed by atoms with E-state index in [4.69, 9.17) is 10.5 Å². The Morgan fingerprint density at radius 3 is 2.33 bits per heavy atom. The summed E-state index contributed by atoms with van der Waals surface area (Å²) < 4.78 is 44.7. The lowest BCUT2D eigenvalue weighted by Gasteiger charge is -2.08. The second kappa shape index (κ2) is 7.23. The molecule has 0 aliphatic heterocycles. The standard InChI is InChI=1S/C12H16F3NO2/c13-12(14,15)9-18-8-7-17-6-5-10-3-1-2-4-11(10)16/h1-4H,5-9,16H2. The van der Waals surface area contributed by atoms with E-state index in [2.05, 4.69) is 4.74 Å². The second-order valence-corrected chi connectivity index (χ2v) is 3.73. The molecular weight excluding hydrogens is 247 g/mol. The maximum atomic E-state index is 11.7. The van der Waals surface area contributed by atoms with Crippen LogP contribution >= 0.6 is 0 Å². The SMILES string of the molecule is Nc1ccccc1CCOCCOCC(F)(F)F. The van der Waals surface area contributed by atoms with Crippen molar-refractivity contribution >= 4 is 5.69 Å². The second-order valence-electron chi connectivity index (χ2n) is 3.73. The topological polar surface area (TPSA) is 44.5 Å². The number of rotatable bonds is 7. The predicted molar refractivity (Wildman–Crippen MR) is 62.3 cm³/mol. The van der Waals surface area contributed by atoms with Gasteiger partial charge in [0.25, 0.3) is 0 Å². The zero-order valence-electron chi connectivity index (χ0n) is 9.87. The zero-order chi connectivity index (χ0) is 13.4. The van der Waals surface area contributed by atoms with Crippen LogP contribution in [-0.2, 0) is 15.9 Å². The highest BCUT2D eigenvalue weighted by Gasteiger charge is 2.27. The molecule has 2 N–H and O–H groups in total. The minimum absolute atomic E-state index is 0.0657. The van der Waals surface area contributed by atoms with Crippen molar-refractivity contribution in [2.75, 3.05) is 32.2 Å². The largest absolute Gasteiger partial charge is 0.411 e. The van der Waals surface area contributed by atoms with Gasteiger partial charge in [0, 0.05) is 5.69 Å². The number of nitrogens with two attached hydrogens (primary N) is 1. The lowest BCUT2D eigenvalue weighted by atomic mass is 10.1. The number of anilines is 1. The number of hydrogen-bond acceptors (Lipinski definition) is 3.